The highest BCUT2D eigenvalue weighted by Gasteiger charge is 2.53. The Hall–Kier alpha value is -1.75. The van der Waals surface area contributed by atoms with Gasteiger partial charge in [0.2, 0.25) is 0 Å². The lowest BCUT2D eigenvalue weighted by atomic mass is 9.91. The number of alkyl halides is 1. The van der Waals surface area contributed by atoms with Crippen molar-refractivity contribution in [1.29, 1.82) is 0 Å². The molecule has 138 valence electrons. The molecule has 1 aromatic rings. The number of fused-ring (bicyclic) bond motifs is 1. The molecular weight excluding hydrogens is 342 g/mol. The highest BCUT2D eigenvalue weighted by Crippen LogP contribution is 2.42. The van der Waals surface area contributed by atoms with Crippen molar-refractivity contribution >= 4 is 29.4 Å². The summed E-state index contributed by atoms with van der Waals surface area (Å²) in [7, 11) is 0. The van der Waals surface area contributed by atoms with Gasteiger partial charge in [0.05, 0.1) is 12.3 Å². The monoisotopic (exact) mass is 367 g/mol. The minimum Gasteiger partial charge on any atom is -0.464 e. The number of hydrogen-bond acceptors (Lipinski definition) is 4. The van der Waals surface area contributed by atoms with Crippen molar-refractivity contribution in [2.24, 2.45) is 0 Å². The van der Waals surface area contributed by atoms with Gasteiger partial charge < -0.3 is 9.47 Å². The van der Waals surface area contributed by atoms with Crippen molar-refractivity contribution < 1.29 is 19.1 Å². The van der Waals surface area contributed by atoms with E-state index in [1.807, 2.05) is 31.2 Å². The van der Waals surface area contributed by atoms with Gasteiger partial charge in [-0.05, 0) is 45.2 Å². The quantitative estimate of drug-likeness (QED) is 0.442. The number of hydrogen-bond donors (Lipinski definition) is 0. The molecule has 0 N–H and O–H groups in total. The van der Waals surface area contributed by atoms with Crippen LogP contribution < -0.4 is 4.90 Å². The first-order valence-electron chi connectivity index (χ1n) is 8.59. The Morgan fingerprint density at radius 3 is 2.56 bits per heavy atom. The number of carbonyl (C=O) groups excluding carboxylic acids is 2. The van der Waals surface area contributed by atoms with E-state index < -0.39 is 23.2 Å². The van der Waals surface area contributed by atoms with Crippen molar-refractivity contribution in [1.82, 2.24) is 0 Å². The van der Waals surface area contributed by atoms with E-state index in [-0.39, 0.29) is 6.61 Å². The van der Waals surface area contributed by atoms with E-state index in [9.17, 15) is 9.59 Å². The number of esters is 1. The van der Waals surface area contributed by atoms with Crippen molar-refractivity contribution in [2.45, 2.75) is 58.1 Å². The lowest BCUT2D eigenvalue weighted by molar-refractivity contribution is -0.150. The molecule has 2 rings (SSSR count). The molecular formula is C19H26ClNO4. The Balaban J connectivity index is 2.40. The molecule has 1 aliphatic rings. The second-order valence-electron chi connectivity index (χ2n) is 7.18. The van der Waals surface area contributed by atoms with Crippen LogP contribution >= 0.6 is 11.6 Å². The van der Waals surface area contributed by atoms with Crippen LogP contribution in [0.4, 0.5) is 10.5 Å². The molecule has 0 spiro atoms. The van der Waals surface area contributed by atoms with Gasteiger partial charge in [-0.15, -0.1) is 11.6 Å². The van der Waals surface area contributed by atoms with Gasteiger partial charge in [0, 0.05) is 12.3 Å². The van der Waals surface area contributed by atoms with Crippen LogP contribution in [0.25, 0.3) is 0 Å². The molecule has 25 heavy (non-hydrogen) atoms. The SMILES string of the molecule is CCC1(C(=O)OCCCCl)Cc2ccccc2N1C(=O)OC(C)(C)C. The van der Waals surface area contributed by atoms with E-state index in [0.717, 1.165) is 5.56 Å². The lowest BCUT2D eigenvalue weighted by Gasteiger charge is -2.36. The normalized spacial score (nSPS) is 19.5. The second-order valence-corrected chi connectivity index (χ2v) is 7.56. The van der Waals surface area contributed by atoms with Crippen LogP contribution in [0.2, 0.25) is 0 Å². The Labute approximate surface area is 154 Å². The van der Waals surface area contributed by atoms with Crippen molar-refractivity contribution in [3.8, 4) is 0 Å². The van der Waals surface area contributed by atoms with Crippen LogP contribution in [0.1, 0.15) is 46.1 Å². The summed E-state index contributed by atoms with van der Waals surface area (Å²) in [4.78, 5) is 27.3. The first-order chi connectivity index (χ1) is 11.7. The standard InChI is InChI=1S/C19H26ClNO4/c1-5-19(16(22)24-12-8-11-20)13-14-9-6-7-10-15(14)21(19)17(23)25-18(2,3)4/h6-7,9-10H,5,8,11-13H2,1-4H3. The van der Waals surface area contributed by atoms with Gasteiger partial charge in [-0.2, -0.15) is 0 Å². The second kappa shape index (κ2) is 7.65. The highest BCUT2D eigenvalue weighted by atomic mass is 35.5. The van der Waals surface area contributed by atoms with E-state index in [0.29, 0.717) is 30.8 Å². The van der Waals surface area contributed by atoms with Crippen LogP contribution in [0.3, 0.4) is 0 Å². The Morgan fingerprint density at radius 2 is 1.96 bits per heavy atom. The summed E-state index contributed by atoms with van der Waals surface area (Å²) in [6.45, 7) is 7.53. The Kier molecular flexibility index (Phi) is 5.99. The molecule has 1 amide bonds. The number of nitrogens with zero attached hydrogens (tertiary/aromatic N) is 1. The Bertz CT molecular complexity index is 641. The summed E-state index contributed by atoms with van der Waals surface area (Å²) < 4.78 is 11.0. The maximum absolute atomic E-state index is 12.9. The molecule has 1 heterocycles. The fourth-order valence-corrected chi connectivity index (χ4v) is 3.14. The number of rotatable bonds is 5. The topological polar surface area (TPSA) is 55.8 Å². The van der Waals surface area contributed by atoms with Gasteiger partial charge in [0.1, 0.15) is 5.60 Å². The maximum atomic E-state index is 12.9. The van der Waals surface area contributed by atoms with Crippen LogP contribution in [0.5, 0.6) is 0 Å². The summed E-state index contributed by atoms with van der Waals surface area (Å²) in [5.41, 5.74) is -0.105. The predicted octanol–water partition coefficient (Wildman–Crippen LogP) is 4.31. The molecule has 0 fully saturated rings. The molecule has 1 aromatic carbocycles. The van der Waals surface area contributed by atoms with Crippen molar-refractivity contribution in [3.63, 3.8) is 0 Å². The van der Waals surface area contributed by atoms with Gasteiger partial charge in [-0.1, -0.05) is 25.1 Å². The van der Waals surface area contributed by atoms with Gasteiger partial charge >= 0.3 is 12.1 Å². The predicted molar refractivity (Wildman–Crippen MR) is 98.2 cm³/mol. The summed E-state index contributed by atoms with van der Waals surface area (Å²) in [6, 6.07) is 7.51. The van der Waals surface area contributed by atoms with E-state index in [1.165, 1.54) is 4.90 Å². The number of halogens is 1. The van der Waals surface area contributed by atoms with Crippen LogP contribution in [-0.2, 0) is 20.7 Å². The number of amides is 1. The van der Waals surface area contributed by atoms with Crippen molar-refractivity contribution in [3.05, 3.63) is 29.8 Å². The number of benzene rings is 1. The zero-order chi connectivity index (χ0) is 18.7. The summed E-state index contributed by atoms with van der Waals surface area (Å²) in [5, 5.41) is 0. The van der Waals surface area contributed by atoms with Crippen molar-refractivity contribution in [2.75, 3.05) is 17.4 Å². The van der Waals surface area contributed by atoms with Gasteiger partial charge in [0.15, 0.2) is 5.54 Å². The molecule has 0 radical (unpaired) electrons. The summed E-state index contributed by atoms with van der Waals surface area (Å²) in [5.74, 6) is 0.00441. The molecule has 0 bridgehead atoms. The third-order valence-corrected chi connectivity index (χ3v) is 4.46. The summed E-state index contributed by atoms with van der Waals surface area (Å²) in [6.07, 6.45) is 0.889. The Morgan fingerprint density at radius 1 is 1.28 bits per heavy atom. The minimum atomic E-state index is -1.08. The molecule has 1 unspecified atom stereocenters. The summed E-state index contributed by atoms with van der Waals surface area (Å²) >= 11 is 5.66. The van der Waals surface area contributed by atoms with Crippen LogP contribution in [0, 0.1) is 0 Å². The van der Waals surface area contributed by atoms with E-state index in [1.54, 1.807) is 20.8 Å². The van der Waals surface area contributed by atoms with E-state index >= 15 is 0 Å². The molecule has 6 heteroatoms. The fraction of sp³-hybridized carbons (Fsp3) is 0.579. The number of para-hydroxylation sites is 1. The minimum absolute atomic E-state index is 0.239. The smallest absolute Gasteiger partial charge is 0.415 e. The lowest BCUT2D eigenvalue weighted by Crippen LogP contribution is -2.57. The third-order valence-electron chi connectivity index (χ3n) is 4.20. The zero-order valence-electron chi connectivity index (χ0n) is 15.3. The maximum Gasteiger partial charge on any atom is 0.415 e. The highest BCUT2D eigenvalue weighted by molar-refractivity contribution is 6.17. The third kappa shape index (κ3) is 4.09. The number of anilines is 1. The first kappa shape index (κ1) is 19.6. The fourth-order valence-electron chi connectivity index (χ4n) is 3.03. The van der Waals surface area contributed by atoms with Gasteiger partial charge in [-0.25, -0.2) is 9.59 Å². The molecule has 0 saturated heterocycles. The largest absolute Gasteiger partial charge is 0.464 e. The molecule has 1 aliphatic heterocycles. The van der Waals surface area contributed by atoms with Crippen LogP contribution in [-0.4, -0.2) is 35.7 Å². The van der Waals surface area contributed by atoms with E-state index in [4.69, 9.17) is 21.1 Å². The molecule has 5 nitrogen and oxygen atoms in total. The molecule has 0 aliphatic carbocycles. The molecule has 0 saturated carbocycles. The number of carbonyl (C=O) groups is 2. The zero-order valence-corrected chi connectivity index (χ0v) is 16.1. The average Bonchev–Trinajstić information content (AvgIpc) is 2.89. The molecule has 0 aromatic heterocycles. The van der Waals surface area contributed by atoms with E-state index in [2.05, 4.69) is 0 Å². The van der Waals surface area contributed by atoms with Crippen LogP contribution in [0.15, 0.2) is 24.3 Å². The van der Waals surface area contributed by atoms with Gasteiger partial charge in [-0.3, -0.25) is 4.90 Å². The first-order valence-corrected chi connectivity index (χ1v) is 9.13. The number of ether oxygens (including phenoxy) is 2. The average molecular weight is 368 g/mol. The molecule has 1 atom stereocenters. The van der Waals surface area contributed by atoms with Gasteiger partial charge in [0.25, 0.3) is 0 Å².